The minimum Gasteiger partial charge on any atom is -0.299 e. The van der Waals surface area contributed by atoms with E-state index in [1.165, 1.54) is 11.3 Å². The van der Waals surface area contributed by atoms with Gasteiger partial charge in [-0.15, -0.1) is 11.3 Å². The van der Waals surface area contributed by atoms with Gasteiger partial charge in [0.05, 0.1) is 18.0 Å². The molecule has 0 bridgehead atoms. The van der Waals surface area contributed by atoms with Gasteiger partial charge in [0.15, 0.2) is 5.78 Å². The molecule has 0 N–H and O–H groups in total. The summed E-state index contributed by atoms with van der Waals surface area (Å²) in [7, 11) is 0. The summed E-state index contributed by atoms with van der Waals surface area (Å²) in [6, 6.07) is 0.832. The SMILES string of the molecule is O=C1CCCC(N2C(=O)c3ccsc3C2=O)C(=O)C1. The largest absolute Gasteiger partial charge is 0.299 e. The summed E-state index contributed by atoms with van der Waals surface area (Å²) >= 11 is 1.21. The number of nitrogens with zero attached hydrogens (tertiary/aromatic N) is 1. The zero-order valence-electron chi connectivity index (χ0n) is 10.0. The topological polar surface area (TPSA) is 71.5 Å². The first kappa shape index (κ1) is 12.2. The third-order valence-electron chi connectivity index (χ3n) is 3.52. The molecule has 0 aromatic carbocycles. The smallest absolute Gasteiger partial charge is 0.272 e. The molecule has 2 amide bonds. The standard InChI is InChI=1S/C13H11NO4S/c15-7-2-1-3-9(10(16)6-7)14-12(17)8-4-5-19-11(8)13(14)18/h4-5,9H,1-3,6H2. The zero-order valence-corrected chi connectivity index (χ0v) is 10.9. The number of amides is 2. The van der Waals surface area contributed by atoms with Gasteiger partial charge in [-0.05, 0) is 24.3 Å². The predicted octanol–water partition coefficient (Wildman–Crippen LogP) is 1.42. The number of thiophene rings is 1. The molecule has 1 aliphatic heterocycles. The molecule has 1 aromatic rings. The van der Waals surface area contributed by atoms with Gasteiger partial charge in [-0.1, -0.05) is 0 Å². The van der Waals surface area contributed by atoms with Crippen molar-refractivity contribution in [2.24, 2.45) is 0 Å². The fraction of sp³-hybridized carbons (Fsp3) is 0.385. The molecule has 0 saturated heterocycles. The van der Waals surface area contributed by atoms with Crippen molar-refractivity contribution in [1.29, 1.82) is 0 Å². The van der Waals surface area contributed by atoms with Crippen molar-refractivity contribution >= 4 is 34.7 Å². The van der Waals surface area contributed by atoms with Crippen LogP contribution in [0.1, 0.15) is 45.7 Å². The van der Waals surface area contributed by atoms with Crippen LogP contribution in [-0.2, 0) is 9.59 Å². The van der Waals surface area contributed by atoms with Gasteiger partial charge in [0.25, 0.3) is 11.8 Å². The highest BCUT2D eigenvalue weighted by Gasteiger charge is 2.44. The van der Waals surface area contributed by atoms with E-state index in [9.17, 15) is 19.2 Å². The highest BCUT2D eigenvalue weighted by molar-refractivity contribution is 7.12. The van der Waals surface area contributed by atoms with Crippen LogP contribution in [-0.4, -0.2) is 34.3 Å². The average molecular weight is 277 g/mol. The Labute approximate surface area is 113 Å². The van der Waals surface area contributed by atoms with Crippen molar-refractivity contribution in [3.63, 3.8) is 0 Å². The van der Waals surface area contributed by atoms with E-state index in [0.717, 1.165) is 4.90 Å². The zero-order chi connectivity index (χ0) is 13.6. The fourth-order valence-corrected chi connectivity index (χ4v) is 3.41. The van der Waals surface area contributed by atoms with Crippen LogP contribution in [0.25, 0.3) is 0 Å². The number of ketones is 2. The molecule has 6 heteroatoms. The number of carbonyl (C=O) groups excluding carboxylic acids is 4. The highest BCUT2D eigenvalue weighted by Crippen LogP contribution is 2.31. The minimum absolute atomic E-state index is 0.110. The lowest BCUT2D eigenvalue weighted by Gasteiger charge is -2.23. The maximum Gasteiger partial charge on any atom is 0.272 e. The Balaban J connectivity index is 1.93. The summed E-state index contributed by atoms with van der Waals surface area (Å²) in [6.45, 7) is 0. The van der Waals surface area contributed by atoms with Crippen LogP contribution >= 0.6 is 11.3 Å². The van der Waals surface area contributed by atoms with Crippen LogP contribution in [0.5, 0.6) is 0 Å². The number of fused-ring (bicyclic) bond motifs is 1. The van der Waals surface area contributed by atoms with Gasteiger partial charge in [0.2, 0.25) is 0 Å². The van der Waals surface area contributed by atoms with Gasteiger partial charge in [-0.3, -0.25) is 24.1 Å². The summed E-state index contributed by atoms with van der Waals surface area (Å²) < 4.78 is 0. The van der Waals surface area contributed by atoms with E-state index >= 15 is 0 Å². The van der Waals surface area contributed by atoms with Gasteiger partial charge in [-0.25, -0.2) is 0 Å². The Morgan fingerprint density at radius 2 is 1.95 bits per heavy atom. The van der Waals surface area contributed by atoms with E-state index in [4.69, 9.17) is 0 Å². The molecule has 19 heavy (non-hydrogen) atoms. The summed E-state index contributed by atoms with van der Waals surface area (Å²) in [4.78, 5) is 49.2. The molecule has 1 aliphatic carbocycles. The molecule has 2 aliphatic rings. The molecule has 98 valence electrons. The molecular formula is C13H11NO4S. The van der Waals surface area contributed by atoms with Gasteiger partial charge >= 0.3 is 0 Å². The lowest BCUT2D eigenvalue weighted by Crippen LogP contribution is -2.44. The molecule has 1 aromatic heterocycles. The lowest BCUT2D eigenvalue weighted by molar-refractivity contribution is -0.128. The lowest BCUT2D eigenvalue weighted by atomic mass is 10.1. The number of hydrogen-bond acceptors (Lipinski definition) is 5. The third kappa shape index (κ3) is 1.83. The van der Waals surface area contributed by atoms with Gasteiger partial charge in [0.1, 0.15) is 10.7 Å². The molecule has 5 nitrogen and oxygen atoms in total. The van der Waals surface area contributed by atoms with E-state index in [1.807, 2.05) is 0 Å². The monoisotopic (exact) mass is 277 g/mol. The Kier molecular flexibility index (Phi) is 2.82. The first-order valence-corrected chi connectivity index (χ1v) is 6.97. The minimum atomic E-state index is -0.772. The van der Waals surface area contributed by atoms with E-state index in [2.05, 4.69) is 0 Å². The number of hydrogen-bond donors (Lipinski definition) is 0. The molecule has 0 spiro atoms. The number of carbonyl (C=O) groups is 4. The van der Waals surface area contributed by atoms with Gasteiger partial charge in [0, 0.05) is 6.42 Å². The molecule has 1 unspecified atom stereocenters. The predicted molar refractivity (Wildman–Crippen MR) is 67.1 cm³/mol. The van der Waals surface area contributed by atoms with Crippen molar-refractivity contribution < 1.29 is 19.2 Å². The molecule has 1 saturated carbocycles. The van der Waals surface area contributed by atoms with Crippen LogP contribution in [0, 0.1) is 0 Å². The third-order valence-corrected chi connectivity index (χ3v) is 4.42. The molecule has 3 rings (SSSR count). The molecule has 0 radical (unpaired) electrons. The molecule has 1 atom stereocenters. The van der Waals surface area contributed by atoms with E-state index < -0.39 is 17.9 Å². The maximum atomic E-state index is 12.2. The summed E-state index contributed by atoms with van der Waals surface area (Å²) in [6.07, 6.45) is 1.10. The number of imide groups is 1. The molecule has 1 fully saturated rings. The highest BCUT2D eigenvalue weighted by atomic mass is 32.1. The normalized spacial score (nSPS) is 23.8. The molecular weight excluding hydrogens is 266 g/mol. The van der Waals surface area contributed by atoms with Crippen molar-refractivity contribution in [1.82, 2.24) is 4.90 Å². The quantitative estimate of drug-likeness (QED) is 0.442. The van der Waals surface area contributed by atoms with E-state index in [1.54, 1.807) is 11.4 Å². The Hall–Kier alpha value is -1.82. The van der Waals surface area contributed by atoms with Gasteiger partial charge < -0.3 is 0 Å². The second kappa shape index (κ2) is 4.38. The summed E-state index contributed by atoms with van der Waals surface area (Å²) in [5.41, 5.74) is 0.373. The number of Topliss-reactive ketones (excluding diaryl/α,β-unsaturated/α-hetero) is 2. The van der Waals surface area contributed by atoms with Crippen molar-refractivity contribution in [2.75, 3.05) is 0 Å². The Bertz CT molecular complexity index is 573. The first-order chi connectivity index (χ1) is 9.09. The van der Waals surface area contributed by atoms with Crippen molar-refractivity contribution in [3.8, 4) is 0 Å². The van der Waals surface area contributed by atoms with Crippen molar-refractivity contribution in [2.45, 2.75) is 31.7 Å². The van der Waals surface area contributed by atoms with Crippen LogP contribution in [0.4, 0.5) is 0 Å². The second-order valence-corrected chi connectivity index (χ2v) is 5.65. The van der Waals surface area contributed by atoms with Crippen molar-refractivity contribution in [3.05, 3.63) is 21.9 Å². The van der Waals surface area contributed by atoms with E-state index in [0.29, 0.717) is 29.7 Å². The van der Waals surface area contributed by atoms with Crippen LogP contribution in [0.15, 0.2) is 11.4 Å². The second-order valence-electron chi connectivity index (χ2n) is 4.73. The molecule has 2 heterocycles. The average Bonchev–Trinajstić information content (AvgIpc) is 2.87. The summed E-state index contributed by atoms with van der Waals surface area (Å²) in [5.74, 6) is -1.24. The van der Waals surface area contributed by atoms with Gasteiger partial charge in [-0.2, -0.15) is 0 Å². The maximum absolute atomic E-state index is 12.2. The number of rotatable bonds is 1. The van der Waals surface area contributed by atoms with E-state index in [-0.39, 0.29) is 18.0 Å². The fourth-order valence-electron chi connectivity index (χ4n) is 2.58. The van der Waals surface area contributed by atoms with Crippen LogP contribution in [0.2, 0.25) is 0 Å². The van der Waals surface area contributed by atoms with Crippen LogP contribution < -0.4 is 0 Å². The summed E-state index contributed by atoms with van der Waals surface area (Å²) in [5, 5.41) is 1.69. The first-order valence-electron chi connectivity index (χ1n) is 6.09. The Morgan fingerprint density at radius 3 is 2.68 bits per heavy atom. The Morgan fingerprint density at radius 1 is 1.16 bits per heavy atom. The van der Waals surface area contributed by atoms with Crippen LogP contribution in [0.3, 0.4) is 0 Å².